The maximum absolute atomic E-state index is 12.0. The Morgan fingerprint density at radius 3 is 2.67 bits per heavy atom. The fourth-order valence-corrected chi connectivity index (χ4v) is 2.88. The number of methoxy groups -OCH3 is 1. The molecule has 0 fully saturated rings. The number of carbonyl (C=O) groups excluding carboxylic acids is 1. The van der Waals surface area contributed by atoms with Crippen LogP contribution in [-0.4, -0.2) is 12.9 Å². The molecule has 2 rings (SSSR count). The van der Waals surface area contributed by atoms with Crippen LogP contribution < -0.4 is 4.74 Å². The molecule has 0 bridgehead atoms. The van der Waals surface area contributed by atoms with Crippen LogP contribution in [0.4, 0.5) is 0 Å². The molecule has 0 aliphatic rings. The van der Waals surface area contributed by atoms with Crippen LogP contribution in [0, 0.1) is 0 Å². The van der Waals surface area contributed by atoms with Crippen molar-refractivity contribution in [3.05, 3.63) is 51.2 Å². The topological polar surface area (TPSA) is 26.3 Å². The summed E-state index contributed by atoms with van der Waals surface area (Å²) < 4.78 is 5.95. The fourth-order valence-electron chi connectivity index (χ4n) is 1.77. The van der Waals surface area contributed by atoms with E-state index in [1.165, 1.54) is 11.3 Å². The van der Waals surface area contributed by atoms with Crippen molar-refractivity contribution in [3.8, 4) is 5.75 Å². The first-order valence-corrected chi connectivity index (χ1v) is 6.76. The van der Waals surface area contributed by atoms with Crippen LogP contribution in [0.5, 0.6) is 5.75 Å². The zero-order chi connectivity index (χ0) is 13.0. The largest absolute Gasteiger partial charge is 0.496 e. The summed E-state index contributed by atoms with van der Waals surface area (Å²) in [5.74, 6) is 0.924. The Morgan fingerprint density at radius 2 is 2.00 bits per heavy atom. The number of thiophene rings is 1. The number of para-hydroxylation sites is 1. The van der Waals surface area contributed by atoms with E-state index in [2.05, 4.69) is 0 Å². The lowest BCUT2D eigenvalue weighted by Crippen LogP contribution is -2.06. The highest BCUT2D eigenvalue weighted by molar-refractivity contribution is 7.16. The smallest absolute Gasteiger partial charge is 0.142 e. The minimum Gasteiger partial charge on any atom is -0.496 e. The van der Waals surface area contributed by atoms with E-state index in [9.17, 15) is 4.79 Å². The van der Waals surface area contributed by atoms with Gasteiger partial charge in [-0.15, -0.1) is 11.3 Å². The molecule has 0 unspecified atom stereocenters. The van der Waals surface area contributed by atoms with Gasteiger partial charge in [-0.1, -0.05) is 29.8 Å². The van der Waals surface area contributed by atoms with Gasteiger partial charge in [0, 0.05) is 23.3 Å². The Kier molecular flexibility index (Phi) is 4.39. The predicted molar refractivity (Wildman–Crippen MR) is 74.7 cm³/mol. The summed E-state index contributed by atoms with van der Waals surface area (Å²) in [6, 6.07) is 11.3. The molecule has 2 aromatic rings. The molecule has 4 heteroatoms. The number of hydrogen-bond acceptors (Lipinski definition) is 3. The van der Waals surface area contributed by atoms with Crippen molar-refractivity contribution in [2.75, 3.05) is 7.11 Å². The number of hydrogen-bond donors (Lipinski definition) is 0. The molecular weight excluding hydrogens is 268 g/mol. The molecule has 2 nitrogen and oxygen atoms in total. The molecule has 0 amide bonds. The third kappa shape index (κ3) is 3.34. The molecule has 0 saturated heterocycles. The first-order chi connectivity index (χ1) is 8.69. The van der Waals surface area contributed by atoms with Gasteiger partial charge in [0.25, 0.3) is 0 Å². The first kappa shape index (κ1) is 13.1. The van der Waals surface area contributed by atoms with Crippen molar-refractivity contribution < 1.29 is 9.53 Å². The summed E-state index contributed by atoms with van der Waals surface area (Å²) in [7, 11) is 1.61. The van der Waals surface area contributed by atoms with E-state index in [-0.39, 0.29) is 5.78 Å². The Balaban J connectivity index is 2.03. The average molecular weight is 281 g/mol. The van der Waals surface area contributed by atoms with E-state index in [1.807, 2.05) is 36.4 Å². The second kappa shape index (κ2) is 6.03. The van der Waals surface area contributed by atoms with E-state index in [4.69, 9.17) is 16.3 Å². The molecule has 94 valence electrons. The van der Waals surface area contributed by atoms with E-state index >= 15 is 0 Å². The quantitative estimate of drug-likeness (QED) is 0.833. The van der Waals surface area contributed by atoms with Crippen LogP contribution in [0.3, 0.4) is 0 Å². The Bertz CT molecular complexity index is 548. The normalized spacial score (nSPS) is 10.3. The van der Waals surface area contributed by atoms with E-state index in [1.54, 1.807) is 7.11 Å². The Labute approximate surface area is 115 Å². The molecule has 0 atom stereocenters. The maximum Gasteiger partial charge on any atom is 0.142 e. The van der Waals surface area contributed by atoms with Crippen molar-refractivity contribution in [2.45, 2.75) is 12.8 Å². The number of ketones is 1. The van der Waals surface area contributed by atoms with Gasteiger partial charge in [0.2, 0.25) is 0 Å². The van der Waals surface area contributed by atoms with Crippen molar-refractivity contribution in [2.24, 2.45) is 0 Å². The number of rotatable bonds is 5. The molecule has 1 heterocycles. The summed E-state index contributed by atoms with van der Waals surface area (Å²) in [5, 5.41) is 0. The zero-order valence-electron chi connectivity index (χ0n) is 9.98. The second-order valence-electron chi connectivity index (χ2n) is 3.91. The number of ether oxygens (including phenoxy) is 1. The molecule has 0 saturated carbocycles. The molecule has 0 radical (unpaired) electrons. The highest BCUT2D eigenvalue weighted by atomic mass is 35.5. The van der Waals surface area contributed by atoms with Gasteiger partial charge in [-0.05, 0) is 18.2 Å². The predicted octanol–water partition coefficient (Wildman–Crippen LogP) is 3.76. The lowest BCUT2D eigenvalue weighted by atomic mass is 10.1. The minimum absolute atomic E-state index is 0.165. The van der Waals surface area contributed by atoms with Crippen molar-refractivity contribution >= 4 is 28.7 Å². The molecular formula is C14H13ClO2S. The van der Waals surface area contributed by atoms with Gasteiger partial charge < -0.3 is 4.74 Å². The van der Waals surface area contributed by atoms with Gasteiger partial charge in [0.15, 0.2) is 0 Å². The number of carbonyl (C=O) groups is 1. The Hall–Kier alpha value is -1.32. The first-order valence-electron chi connectivity index (χ1n) is 5.57. The SMILES string of the molecule is COc1ccccc1CC(=O)Cc1ccc(Cl)s1. The van der Waals surface area contributed by atoms with Crippen LogP contribution in [0.2, 0.25) is 4.34 Å². The van der Waals surface area contributed by atoms with E-state index in [0.717, 1.165) is 20.5 Å². The fraction of sp³-hybridized carbons (Fsp3) is 0.214. The van der Waals surface area contributed by atoms with Gasteiger partial charge in [-0.2, -0.15) is 0 Å². The van der Waals surface area contributed by atoms with Crippen LogP contribution >= 0.6 is 22.9 Å². The highest BCUT2D eigenvalue weighted by Crippen LogP contribution is 2.23. The lowest BCUT2D eigenvalue weighted by Gasteiger charge is -2.06. The summed E-state index contributed by atoms with van der Waals surface area (Å²) in [4.78, 5) is 13.0. The average Bonchev–Trinajstić information content (AvgIpc) is 2.75. The molecule has 0 aliphatic carbocycles. The summed E-state index contributed by atoms with van der Waals surface area (Å²) >= 11 is 7.29. The molecule has 0 aliphatic heterocycles. The van der Waals surface area contributed by atoms with Gasteiger partial charge >= 0.3 is 0 Å². The standard InChI is InChI=1S/C14H13ClO2S/c1-17-13-5-3-2-4-10(13)8-11(16)9-12-6-7-14(15)18-12/h2-7H,8-9H2,1H3. The third-order valence-electron chi connectivity index (χ3n) is 2.58. The maximum atomic E-state index is 12.0. The number of halogens is 1. The summed E-state index contributed by atoms with van der Waals surface area (Å²) in [5.41, 5.74) is 0.924. The van der Waals surface area contributed by atoms with Crippen LogP contribution in [0.15, 0.2) is 36.4 Å². The van der Waals surface area contributed by atoms with Gasteiger partial charge in [0.1, 0.15) is 11.5 Å². The van der Waals surface area contributed by atoms with Crippen molar-refractivity contribution in [1.29, 1.82) is 0 Å². The molecule has 0 spiro atoms. The van der Waals surface area contributed by atoms with E-state index in [0.29, 0.717) is 12.8 Å². The molecule has 18 heavy (non-hydrogen) atoms. The van der Waals surface area contributed by atoms with Crippen LogP contribution in [0.25, 0.3) is 0 Å². The Morgan fingerprint density at radius 1 is 1.22 bits per heavy atom. The van der Waals surface area contributed by atoms with Crippen LogP contribution in [-0.2, 0) is 17.6 Å². The van der Waals surface area contributed by atoms with Gasteiger partial charge in [-0.3, -0.25) is 4.79 Å². The second-order valence-corrected chi connectivity index (χ2v) is 5.71. The summed E-state index contributed by atoms with van der Waals surface area (Å²) in [6.45, 7) is 0. The van der Waals surface area contributed by atoms with Crippen molar-refractivity contribution in [1.82, 2.24) is 0 Å². The third-order valence-corrected chi connectivity index (χ3v) is 3.81. The monoisotopic (exact) mass is 280 g/mol. The molecule has 1 aromatic heterocycles. The summed E-state index contributed by atoms with van der Waals surface area (Å²) in [6.07, 6.45) is 0.814. The van der Waals surface area contributed by atoms with E-state index < -0.39 is 0 Å². The van der Waals surface area contributed by atoms with Crippen molar-refractivity contribution in [3.63, 3.8) is 0 Å². The molecule has 1 aromatic carbocycles. The minimum atomic E-state index is 0.165. The van der Waals surface area contributed by atoms with Gasteiger partial charge in [0.05, 0.1) is 11.4 Å². The highest BCUT2D eigenvalue weighted by Gasteiger charge is 2.10. The zero-order valence-corrected chi connectivity index (χ0v) is 11.6. The molecule has 0 N–H and O–H groups in total. The number of Topliss-reactive ketones (excluding diaryl/α,β-unsaturated/α-hetero) is 1. The van der Waals surface area contributed by atoms with Crippen LogP contribution in [0.1, 0.15) is 10.4 Å². The number of benzene rings is 1. The van der Waals surface area contributed by atoms with Gasteiger partial charge in [-0.25, -0.2) is 0 Å². The lowest BCUT2D eigenvalue weighted by molar-refractivity contribution is -0.117.